The van der Waals surface area contributed by atoms with Gasteiger partial charge in [-0.25, -0.2) is 13.8 Å². The molecule has 0 spiro atoms. The van der Waals surface area contributed by atoms with Crippen molar-refractivity contribution < 1.29 is 8.78 Å². The van der Waals surface area contributed by atoms with Gasteiger partial charge in [0.1, 0.15) is 11.6 Å². The number of hydrogen-bond acceptors (Lipinski definition) is 2. The number of aromatic nitrogens is 2. The Labute approximate surface area is 98.1 Å². The van der Waals surface area contributed by atoms with Gasteiger partial charge in [0.15, 0.2) is 0 Å². The average Bonchev–Trinajstić information content (AvgIpc) is 2.65. The molecule has 2 rings (SSSR count). The lowest BCUT2D eigenvalue weighted by Gasteiger charge is -2.17. The van der Waals surface area contributed by atoms with Gasteiger partial charge < -0.3 is 9.88 Å². The van der Waals surface area contributed by atoms with Crippen LogP contribution in [0.15, 0.2) is 30.7 Å². The molecule has 1 atom stereocenters. The highest BCUT2D eigenvalue weighted by Gasteiger charge is 2.16. The Hall–Kier alpha value is -1.75. The number of imidazole rings is 1. The normalized spacial score (nSPS) is 12.7. The highest BCUT2D eigenvalue weighted by Crippen LogP contribution is 2.22. The van der Waals surface area contributed by atoms with Gasteiger partial charge in [0.05, 0.1) is 24.3 Å². The first-order chi connectivity index (χ1) is 8.11. The predicted octanol–water partition coefficient (Wildman–Crippen LogP) is 2.01. The van der Waals surface area contributed by atoms with E-state index >= 15 is 0 Å². The number of benzene rings is 1. The van der Waals surface area contributed by atoms with Crippen molar-refractivity contribution >= 4 is 0 Å². The van der Waals surface area contributed by atoms with Crippen molar-refractivity contribution in [1.29, 1.82) is 0 Å². The minimum Gasteiger partial charge on any atom is -0.336 e. The molecule has 0 aliphatic heterocycles. The Morgan fingerprint density at radius 2 is 1.88 bits per heavy atom. The molecule has 1 N–H and O–H groups in total. The number of nitrogens with one attached hydrogen (secondary N) is 1. The lowest BCUT2D eigenvalue weighted by Crippen LogP contribution is -2.20. The number of aryl methyl sites for hydroxylation is 1. The number of hydrogen-bond donors (Lipinski definition) is 1. The summed E-state index contributed by atoms with van der Waals surface area (Å²) in [6.07, 6.45) is 3.32. The van der Waals surface area contributed by atoms with Crippen LogP contribution in [-0.4, -0.2) is 16.6 Å². The molecule has 1 heterocycles. The van der Waals surface area contributed by atoms with Crippen molar-refractivity contribution in [2.75, 3.05) is 7.05 Å². The van der Waals surface area contributed by atoms with Crippen molar-refractivity contribution in [1.82, 2.24) is 14.9 Å². The van der Waals surface area contributed by atoms with Gasteiger partial charge in [0.2, 0.25) is 0 Å². The molecular weight excluding hydrogens is 224 g/mol. The molecule has 17 heavy (non-hydrogen) atoms. The molecule has 1 aromatic carbocycles. The maximum absolute atomic E-state index is 13.2. The number of rotatable bonds is 3. The van der Waals surface area contributed by atoms with Gasteiger partial charge in [0, 0.05) is 13.1 Å². The zero-order valence-corrected chi connectivity index (χ0v) is 9.61. The maximum Gasteiger partial charge on any atom is 0.126 e. The van der Waals surface area contributed by atoms with Crippen molar-refractivity contribution in [3.63, 3.8) is 0 Å². The van der Waals surface area contributed by atoms with Crippen LogP contribution in [0.4, 0.5) is 8.78 Å². The molecule has 3 nitrogen and oxygen atoms in total. The Balaban J connectivity index is 2.45. The Morgan fingerprint density at radius 3 is 2.35 bits per heavy atom. The van der Waals surface area contributed by atoms with Gasteiger partial charge in [-0.2, -0.15) is 0 Å². The smallest absolute Gasteiger partial charge is 0.126 e. The quantitative estimate of drug-likeness (QED) is 0.885. The van der Waals surface area contributed by atoms with E-state index < -0.39 is 11.6 Å². The second-order valence-electron chi connectivity index (χ2n) is 3.85. The molecule has 5 heteroatoms. The summed E-state index contributed by atoms with van der Waals surface area (Å²) >= 11 is 0. The van der Waals surface area contributed by atoms with Gasteiger partial charge in [-0.1, -0.05) is 0 Å². The molecule has 0 saturated carbocycles. The summed E-state index contributed by atoms with van der Waals surface area (Å²) in [5, 5.41) is 3.02. The third-order valence-electron chi connectivity index (χ3n) is 2.66. The largest absolute Gasteiger partial charge is 0.336 e. The van der Waals surface area contributed by atoms with Crippen molar-refractivity contribution in [2.45, 2.75) is 6.04 Å². The van der Waals surface area contributed by atoms with Gasteiger partial charge in [-0.05, 0) is 24.7 Å². The highest BCUT2D eigenvalue weighted by atomic mass is 19.1. The second-order valence-corrected chi connectivity index (χ2v) is 3.85. The molecule has 0 amide bonds. The van der Waals surface area contributed by atoms with Crippen LogP contribution >= 0.6 is 0 Å². The van der Waals surface area contributed by atoms with E-state index in [1.807, 2.05) is 11.6 Å². The predicted molar refractivity (Wildman–Crippen MR) is 60.5 cm³/mol. The van der Waals surface area contributed by atoms with Gasteiger partial charge in [-0.3, -0.25) is 0 Å². The van der Waals surface area contributed by atoms with Crippen LogP contribution in [0.1, 0.15) is 17.3 Å². The minimum absolute atomic E-state index is 0.285. The summed E-state index contributed by atoms with van der Waals surface area (Å²) in [5.74, 6) is -1.16. The van der Waals surface area contributed by atoms with E-state index in [0.29, 0.717) is 5.56 Å². The van der Waals surface area contributed by atoms with E-state index in [0.717, 1.165) is 11.8 Å². The maximum atomic E-state index is 13.2. The first-order valence-corrected chi connectivity index (χ1v) is 5.21. The molecule has 0 aliphatic carbocycles. The van der Waals surface area contributed by atoms with Crippen molar-refractivity contribution in [3.05, 3.63) is 53.6 Å². The molecule has 2 aromatic rings. The van der Waals surface area contributed by atoms with Crippen LogP contribution in [0.5, 0.6) is 0 Å². The van der Waals surface area contributed by atoms with Crippen LogP contribution in [0.25, 0.3) is 0 Å². The molecule has 0 saturated heterocycles. The fourth-order valence-corrected chi connectivity index (χ4v) is 1.87. The second kappa shape index (κ2) is 4.63. The van der Waals surface area contributed by atoms with E-state index in [2.05, 4.69) is 10.3 Å². The first kappa shape index (κ1) is 11.7. The molecule has 90 valence electrons. The lowest BCUT2D eigenvalue weighted by atomic mass is 10.0. The molecule has 1 unspecified atom stereocenters. The van der Waals surface area contributed by atoms with Crippen molar-refractivity contribution in [2.24, 2.45) is 7.05 Å². The summed E-state index contributed by atoms with van der Waals surface area (Å²) in [4.78, 5) is 4.00. The summed E-state index contributed by atoms with van der Waals surface area (Å²) in [6, 6.07) is 3.21. The molecule has 1 aromatic heterocycles. The number of nitrogens with zero attached hydrogens (tertiary/aromatic N) is 2. The highest BCUT2D eigenvalue weighted by molar-refractivity contribution is 5.28. The summed E-state index contributed by atoms with van der Waals surface area (Å²) in [6.45, 7) is 0. The van der Waals surface area contributed by atoms with E-state index in [1.54, 1.807) is 19.6 Å². The topological polar surface area (TPSA) is 29.9 Å². The first-order valence-electron chi connectivity index (χ1n) is 5.21. The van der Waals surface area contributed by atoms with Gasteiger partial charge in [0.25, 0.3) is 0 Å². The van der Waals surface area contributed by atoms with Gasteiger partial charge >= 0.3 is 0 Å². The Kier molecular flexibility index (Phi) is 3.19. The molecule has 0 bridgehead atoms. The molecule has 0 fully saturated rings. The standard InChI is InChI=1S/C12H13F2N3/c1-15-12(11-6-16-7-17(11)2)8-3-9(13)5-10(14)4-8/h3-7,12,15H,1-2H3. The Morgan fingerprint density at radius 1 is 1.24 bits per heavy atom. The van der Waals surface area contributed by atoms with E-state index in [9.17, 15) is 8.78 Å². The van der Waals surface area contributed by atoms with E-state index in [1.165, 1.54) is 12.1 Å². The van der Waals surface area contributed by atoms with Crippen LogP contribution < -0.4 is 5.32 Å². The summed E-state index contributed by atoms with van der Waals surface area (Å²) < 4.78 is 28.2. The monoisotopic (exact) mass is 237 g/mol. The van der Waals surface area contributed by atoms with Crippen LogP contribution in [0, 0.1) is 11.6 Å². The fourth-order valence-electron chi connectivity index (χ4n) is 1.87. The molecule has 0 radical (unpaired) electrons. The zero-order valence-electron chi connectivity index (χ0n) is 9.61. The van der Waals surface area contributed by atoms with Crippen LogP contribution in [0.3, 0.4) is 0 Å². The zero-order chi connectivity index (χ0) is 12.4. The SMILES string of the molecule is CNC(c1cc(F)cc(F)c1)c1cncn1C. The third-order valence-corrected chi connectivity index (χ3v) is 2.66. The summed E-state index contributed by atoms with van der Waals surface area (Å²) in [5.41, 5.74) is 1.38. The van der Waals surface area contributed by atoms with E-state index in [-0.39, 0.29) is 6.04 Å². The average molecular weight is 237 g/mol. The van der Waals surface area contributed by atoms with E-state index in [4.69, 9.17) is 0 Å². The van der Waals surface area contributed by atoms with Gasteiger partial charge in [-0.15, -0.1) is 0 Å². The summed E-state index contributed by atoms with van der Waals surface area (Å²) in [7, 11) is 3.57. The number of halogens is 2. The minimum atomic E-state index is -0.581. The molecular formula is C12H13F2N3. The van der Waals surface area contributed by atoms with Crippen molar-refractivity contribution in [3.8, 4) is 0 Å². The third kappa shape index (κ3) is 2.34. The fraction of sp³-hybridized carbons (Fsp3) is 0.250. The van der Waals surface area contributed by atoms with Crippen LogP contribution in [-0.2, 0) is 7.05 Å². The molecule has 0 aliphatic rings. The lowest BCUT2D eigenvalue weighted by molar-refractivity contribution is 0.566. The Bertz CT molecular complexity index is 502. The van der Waals surface area contributed by atoms with Crippen LogP contribution in [0.2, 0.25) is 0 Å².